The number of nitrogens with one attached hydrogen (secondary N) is 2. The number of anilines is 1. The van der Waals surface area contributed by atoms with Crippen molar-refractivity contribution < 1.29 is 27.6 Å². The van der Waals surface area contributed by atoms with Gasteiger partial charge in [-0.1, -0.05) is 17.8 Å². The van der Waals surface area contributed by atoms with Gasteiger partial charge in [-0.2, -0.15) is 0 Å². The molecule has 1 aromatic heterocycles. The number of hydrogen-bond donors (Lipinski definition) is 2. The van der Waals surface area contributed by atoms with E-state index in [9.17, 15) is 23.2 Å². The smallest absolute Gasteiger partial charge is 0.324 e. The Morgan fingerprint density at radius 3 is 2.87 bits per heavy atom. The molecule has 0 bridgehead atoms. The van der Waals surface area contributed by atoms with Gasteiger partial charge in [0.05, 0.1) is 17.4 Å². The van der Waals surface area contributed by atoms with E-state index in [1.807, 2.05) is 0 Å². The average molecular weight is 451 g/mol. The Morgan fingerprint density at radius 1 is 1.39 bits per heavy atom. The SMILES string of the molecule is C=CCN1C(=O)NC(C)C(Cc2nnc(SCC(=O)Nc3ccc(F)cc3F)o2)C1=O. The Labute approximate surface area is 180 Å². The van der Waals surface area contributed by atoms with Gasteiger partial charge >= 0.3 is 6.03 Å². The number of aromatic nitrogens is 2. The molecule has 2 aromatic rings. The number of rotatable bonds is 8. The molecule has 1 aliphatic rings. The van der Waals surface area contributed by atoms with E-state index in [0.29, 0.717) is 6.07 Å². The number of benzene rings is 1. The summed E-state index contributed by atoms with van der Waals surface area (Å²) in [5.74, 6) is -3.13. The zero-order valence-electron chi connectivity index (χ0n) is 16.4. The zero-order chi connectivity index (χ0) is 22.5. The molecule has 31 heavy (non-hydrogen) atoms. The molecular formula is C19H19F2N5O4S. The maximum absolute atomic E-state index is 13.6. The number of carbonyl (C=O) groups is 3. The first kappa shape index (κ1) is 22.4. The van der Waals surface area contributed by atoms with Gasteiger partial charge in [0.25, 0.3) is 5.22 Å². The van der Waals surface area contributed by atoms with E-state index in [1.54, 1.807) is 6.92 Å². The van der Waals surface area contributed by atoms with Crippen LogP contribution in [0.5, 0.6) is 0 Å². The summed E-state index contributed by atoms with van der Waals surface area (Å²) >= 11 is 0.923. The molecule has 12 heteroatoms. The first-order valence-electron chi connectivity index (χ1n) is 9.21. The molecule has 0 radical (unpaired) electrons. The van der Waals surface area contributed by atoms with Gasteiger partial charge < -0.3 is 15.1 Å². The number of carbonyl (C=O) groups excluding carboxylic acids is 3. The van der Waals surface area contributed by atoms with Gasteiger partial charge in [-0.3, -0.25) is 14.5 Å². The van der Waals surface area contributed by atoms with Crippen LogP contribution in [0.2, 0.25) is 0 Å². The highest BCUT2D eigenvalue weighted by molar-refractivity contribution is 7.99. The van der Waals surface area contributed by atoms with Crippen molar-refractivity contribution in [1.82, 2.24) is 20.4 Å². The molecule has 1 aromatic carbocycles. The van der Waals surface area contributed by atoms with Crippen LogP contribution in [-0.2, 0) is 16.0 Å². The molecule has 164 valence electrons. The summed E-state index contributed by atoms with van der Waals surface area (Å²) in [6.07, 6.45) is 1.56. The summed E-state index contributed by atoms with van der Waals surface area (Å²) in [7, 11) is 0. The van der Waals surface area contributed by atoms with Crippen LogP contribution >= 0.6 is 11.8 Å². The van der Waals surface area contributed by atoms with Crippen molar-refractivity contribution in [3.8, 4) is 0 Å². The molecule has 2 N–H and O–H groups in total. The van der Waals surface area contributed by atoms with Gasteiger partial charge in [0, 0.05) is 25.1 Å². The topological polar surface area (TPSA) is 117 Å². The molecule has 0 aliphatic carbocycles. The van der Waals surface area contributed by atoms with Crippen LogP contribution in [-0.4, -0.2) is 51.3 Å². The number of nitrogens with zero attached hydrogens (tertiary/aromatic N) is 3. The zero-order valence-corrected chi connectivity index (χ0v) is 17.2. The van der Waals surface area contributed by atoms with E-state index in [0.717, 1.165) is 28.8 Å². The first-order chi connectivity index (χ1) is 14.8. The van der Waals surface area contributed by atoms with Crippen LogP contribution in [0, 0.1) is 17.6 Å². The fraction of sp³-hybridized carbons (Fsp3) is 0.316. The van der Waals surface area contributed by atoms with Gasteiger partial charge in [0.15, 0.2) is 0 Å². The monoisotopic (exact) mass is 451 g/mol. The summed E-state index contributed by atoms with van der Waals surface area (Å²) < 4.78 is 32.0. The predicted molar refractivity (Wildman–Crippen MR) is 107 cm³/mol. The van der Waals surface area contributed by atoms with Crippen molar-refractivity contribution in [2.24, 2.45) is 5.92 Å². The lowest BCUT2D eigenvalue weighted by molar-refractivity contribution is -0.134. The Balaban J connectivity index is 1.56. The Kier molecular flexibility index (Phi) is 7.00. The minimum absolute atomic E-state index is 0.0859. The van der Waals surface area contributed by atoms with Crippen molar-refractivity contribution in [3.63, 3.8) is 0 Å². The van der Waals surface area contributed by atoms with Crippen molar-refractivity contribution in [2.75, 3.05) is 17.6 Å². The average Bonchev–Trinajstić information content (AvgIpc) is 3.16. The minimum atomic E-state index is -0.887. The molecular weight excluding hydrogens is 432 g/mol. The second-order valence-corrected chi connectivity index (χ2v) is 7.64. The van der Waals surface area contributed by atoms with Gasteiger partial charge in [0.2, 0.25) is 17.7 Å². The van der Waals surface area contributed by atoms with Gasteiger partial charge in [-0.05, 0) is 19.1 Å². The van der Waals surface area contributed by atoms with Crippen LogP contribution in [0.1, 0.15) is 12.8 Å². The predicted octanol–water partition coefficient (Wildman–Crippen LogP) is 2.36. The molecule has 1 aliphatic heterocycles. The van der Waals surface area contributed by atoms with Crippen LogP contribution < -0.4 is 10.6 Å². The largest absolute Gasteiger partial charge is 0.416 e. The number of urea groups is 1. The van der Waals surface area contributed by atoms with Crippen LogP contribution in [0.25, 0.3) is 0 Å². The number of halogens is 2. The number of amides is 4. The van der Waals surface area contributed by atoms with Gasteiger partial charge in [0.1, 0.15) is 11.6 Å². The maximum Gasteiger partial charge on any atom is 0.324 e. The van der Waals surface area contributed by atoms with E-state index in [2.05, 4.69) is 27.4 Å². The van der Waals surface area contributed by atoms with Crippen LogP contribution in [0.4, 0.5) is 19.3 Å². The molecule has 1 saturated heterocycles. The van der Waals surface area contributed by atoms with E-state index in [1.165, 1.54) is 6.08 Å². The lowest BCUT2D eigenvalue weighted by atomic mass is 9.93. The molecule has 9 nitrogen and oxygen atoms in total. The second kappa shape index (κ2) is 9.69. The van der Waals surface area contributed by atoms with E-state index in [-0.39, 0.29) is 41.4 Å². The highest BCUT2D eigenvalue weighted by Crippen LogP contribution is 2.23. The van der Waals surface area contributed by atoms with E-state index in [4.69, 9.17) is 4.42 Å². The van der Waals surface area contributed by atoms with Crippen molar-refractivity contribution in [1.29, 1.82) is 0 Å². The standard InChI is InChI=1S/C19H19F2N5O4S/c1-3-6-26-17(28)12(10(2)22-18(26)29)8-16-24-25-19(30-16)31-9-15(27)23-14-5-4-11(20)7-13(14)21/h3-5,7,10,12H,1,6,8-9H2,2H3,(H,22,29)(H,23,27). The van der Waals surface area contributed by atoms with Gasteiger partial charge in [-0.25, -0.2) is 13.6 Å². The summed E-state index contributed by atoms with van der Waals surface area (Å²) in [5.41, 5.74) is -0.144. The molecule has 2 unspecified atom stereocenters. The molecule has 1 fully saturated rings. The lowest BCUT2D eigenvalue weighted by Crippen LogP contribution is -2.59. The highest BCUT2D eigenvalue weighted by atomic mass is 32.2. The first-order valence-corrected chi connectivity index (χ1v) is 10.2. The molecule has 2 atom stereocenters. The third-order valence-electron chi connectivity index (χ3n) is 4.47. The molecule has 2 heterocycles. The van der Waals surface area contributed by atoms with Crippen molar-refractivity contribution in [2.45, 2.75) is 24.6 Å². The summed E-state index contributed by atoms with van der Waals surface area (Å²) in [5, 5.41) is 12.8. The quantitative estimate of drug-likeness (QED) is 0.467. The van der Waals surface area contributed by atoms with Gasteiger partial charge in [-0.15, -0.1) is 16.8 Å². The normalized spacial score (nSPS) is 18.6. The van der Waals surface area contributed by atoms with E-state index < -0.39 is 35.5 Å². The molecule has 0 spiro atoms. The molecule has 3 rings (SSSR count). The van der Waals surface area contributed by atoms with Crippen LogP contribution in [0.3, 0.4) is 0 Å². The van der Waals surface area contributed by atoms with Crippen molar-refractivity contribution >= 4 is 35.3 Å². The Bertz CT molecular complexity index is 1010. The fourth-order valence-electron chi connectivity index (χ4n) is 2.93. The third-order valence-corrected chi connectivity index (χ3v) is 5.29. The Hall–Kier alpha value is -3.28. The summed E-state index contributed by atoms with van der Waals surface area (Å²) in [6.45, 7) is 5.33. The summed E-state index contributed by atoms with van der Waals surface area (Å²) in [4.78, 5) is 37.6. The van der Waals surface area contributed by atoms with E-state index >= 15 is 0 Å². The minimum Gasteiger partial charge on any atom is -0.416 e. The summed E-state index contributed by atoms with van der Waals surface area (Å²) in [6, 6.07) is 1.90. The second-order valence-electron chi connectivity index (χ2n) is 6.71. The molecule has 4 amide bonds. The van der Waals surface area contributed by atoms with Crippen molar-refractivity contribution in [3.05, 3.63) is 48.4 Å². The number of imide groups is 1. The number of hydrogen-bond acceptors (Lipinski definition) is 7. The maximum atomic E-state index is 13.6. The third kappa shape index (κ3) is 5.45. The fourth-order valence-corrected chi connectivity index (χ4v) is 3.51. The molecule has 0 saturated carbocycles. The lowest BCUT2D eigenvalue weighted by Gasteiger charge is -2.34. The number of thioether (sulfide) groups is 1. The Morgan fingerprint density at radius 2 is 2.16 bits per heavy atom. The highest BCUT2D eigenvalue weighted by Gasteiger charge is 2.39. The van der Waals surface area contributed by atoms with Crippen LogP contribution in [0.15, 0.2) is 40.5 Å².